The van der Waals surface area contributed by atoms with E-state index >= 15 is 0 Å². The van der Waals surface area contributed by atoms with Crippen LogP contribution >= 0.6 is 0 Å². The topological polar surface area (TPSA) is 0 Å². The van der Waals surface area contributed by atoms with Gasteiger partial charge in [0.15, 0.2) is 0 Å². The summed E-state index contributed by atoms with van der Waals surface area (Å²) in [5.41, 5.74) is 0. The molecule has 0 heteroatoms. The molecule has 0 bridgehead atoms. The highest BCUT2D eigenvalue weighted by atomic mass is 14.2. The van der Waals surface area contributed by atoms with Gasteiger partial charge >= 0.3 is 0 Å². The first-order valence-electron chi connectivity index (χ1n) is 6.35. The van der Waals surface area contributed by atoms with Crippen molar-refractivity contribution in [2.75, 3.05) is 0 Å². The fourth-order valence-electron chi connectivity index (χ4n) is 2.59. The smallest absolute Gasteiger partial charge is 0.0262 e. The van der Waals surface area contributed by atoms with E-state index in [1.54, 1.807) is 0 Å². The molecule has 0 aromatic heterocycles. The Morgan fingerprint density at radius 3 is 2.64 bits per heavy atom. The lowest BCUT2D eigenvalue weighted by molar-refractivity contribution is 0.297. The third kappa shape index (κ3) is 4.30. The lowest BCUT2D eigenvalue weighted by Gasteiger charge is -2.24. The summed E-state index contributed by atoms with van der Waals surface area (Å²) in [5, 5.41) is 0. The average molecular weight is 194 g/mol. The maximum atomic E-state index is 3.88. The van der Waals surface area contributed by atoms with Crippen LogP contribution in [0.3, 0.4) is 0 Å². The lowest BCUT2D eigenvalue weighted by atomic mass is 9.82. The van der Waals surface area contributed by atoms with Crippen molar-refractivity contribution in [3.05, 3.63) is 12.7 Å². The van der Waals surface area contributed by atoms with Gasteiger partial charge in [0.05, 0.1) is 0 Å². The fraction of sp³-hybridized carbons (Fsp3) is 0.857. The highest BCUT2D eigenvalue weighted by molar-refractivity contribution is 4.78. The van der Waals surface area contributed by atoms with Crippen molar-refractivity contribution in [2.24, 2.45) is 17.8 Å². The molecule has 1 rings (SSSR count). The van der Waals surface area contributed by atoms with Gasteiger partial charge in [-0.3, -0.25) is 0 Å². The normalized spacial score (nSPS) is 31.6. The van der Waals surface area contributed by atoms with Gasteiger partial charge in [0.1, 0.15) is 0 Å². The van der Waals surface area contributed by atoms with Crippen LogP contribution in [0.25, 0.3) is 0 Å². The standard InChI is InChI=1S/C14H26/c1-4-12(2)11-14-8-6-5-7-13(3)9-10-14/h4,12-14H,1,5-11H2,2-3H3. The Balaban J connectivity index is 2.31. The van der Waals surface area contributed by atoms with Gasteiger partial charge in [-0.2, -0.15) is 0 Å². The second kappa shape index (κ2) is 6.27. The number of hydrogen-bond acceptors (Lipinski definition) is 0. The molecule has 82 valence electrons. The molecule has 1 aliphatic carbocycles. The Bertz CT molecular complexity index is 159. The molecule has 0 saturated heterocycles. The summed E-state index contributed by atoms with van der Waals surface area (Å²) in [6.45, 7) is 8.60. The summed E-state index contributed by atoms with van der Waals surface area (Å²) < 4.78 is 0. The summed E-state index contributed by atoms with van der Waals surface area (Å²) >= 11 is 0. The van der Waals surface area contributed by atoms with E-state index in [1.165, 1.54) is 44.9 Å². The predicted octanol–water partition coefficient (Wildman–Crippen LogP) is 4.81. The Labute approximate surface area is 89.8 Å². The SMILES string of the molecule is C=CC(C)CC1CCCCC(C)CC1. The molecule has 0 amide bonds. The van der Waals surface area contributed by atoms with Crippen LogP contribution in [-0.2, 0) is 0 Å². The average Bonchev–Trinajstić information content (AvgIpc) is 2.16. The van der Waals surface area contributed by atoms with Gasteiger partial charge in [0.2, 0.25) is 0 Å². The molecule has 1 fully saturated rings. The van der Waals surface area contributed by atoms with E-state index in [0.29, 0.717) is 0 Å². The van der Waals surface area contributed by atoms with E-state index in [0.717, 1.165) is 17.8 Å². The number of rotatable bonds is 3. The second-order valence-corrected chi connectivity index (χ2v) is 5.28. The van der Waals surface area contributed by atoms with Crippen molar-refractivity contribution in [1.82, 2.24) is 0 Å². The molecule has 0 N–H and O–H groups in total. The minimum atomic E-state index is 0.717. The molecule has 3 unspecified atom stereocenters. The van der Waals surface area contributed by atoms with Crippen molar-refractivity contribution in [3.63, 3.8) is 0 Å². The maximum absolute atomic E-state index is 3.88. The van der Waals surface area contributed by atoms with Crippen LogP contribution in [0.5, 0.6) is 0 Å². The zero-order valence-electron chi connectivity index (χ0n) is 9.97. The van der Waals surface area contributed by atoms with Crippen molar-refractivity contribution in [3.8, 4) is 0 Å². The highest BCUT2D eigenvalue weighted by Gasteiger charge is 2.15. The van der Waals surface area contributed by atoms with Crippen LogP contribution in [0, 0.1) is 17.8 Å². The number of hydrogen-bond donors (Lipinski definition) is 0. The fourth-order valence-corrected chi connectivity index (χ4v) is 2.59. The minimum absolute atomic E-state index is 0.717. The van der Waals surface area contributed by atoms with Gasteiger partial charge in [-0.05, 0) is 24.2 Å². The third-order valence-corrected chi connectivity index (χ3v) is 3.73. The van der Waals surface area contributed by atoms with Crippen molar-refractivity contribution < 1.29 is 0 Å². The molecule has 0 radical (unpaired) electrons. The third-order valence-electron chi connectivity index (χ3n) is 3.73. The van der Waals surface area contributed by atoms with Crippen molar-refractivity contribution >= 4 is 0 Å². The van der Waals surface area contributed by atoms with Gasteiger partial charge in [0.25, 0.3) is 0 Å². The first-order chi connectivity index (χ1) is 6.72. The zero-order valence-corrected chi connectivity index (χ0v) is 9.97. The van der Waals surface area contributed by atoms with E-state index in [4.69, 9.17) is 0 Å². The molecule has 0 heterocycles. The van der Waals surface area contributed by atoms with Gasteiger partial charge in [0, 0.05) is 0 Å². The highest BCUT2D eigenvalue weighted by Crippen LogP contribution is 2.29. The van der Waals surface area contributed by atoms with Crippen LogP contribution in [0.2, 0.25) is 0 Å². The zero-order chi connectivity index (χ0) is 10.4. The lowest BCUT2D eigenvalue weighted by Crippen LogP contribution is -2.10. The minimum Gasteiger partial charge on any atom is -0.103 e. The van der Waals surface area contributed by atoms with E-state index in [-0.39, 0.29) is 0 Å². The summed E-state index contributed by atoms with van der Waals surface area (Å²) in [4.78, 5) is 0. The van der Waals surface area contributed by atoms with E-state index in [1.807, 2.05) is 0 Å². The van der Waals surface area contributed by atoms with Gasteiger partial charge in [-0.25, -0.2) is 0 Å². The first kappa shape index (κ1) is 11.8. The summed E-state index contributed by atoms with van der Waals surface area (Å²) in [6, 6.07) is 0. The van der Waals surface area contributed by atoms with Crippen LogP contribution in [0.4, 0.5) is 0 Å². The Hall–Kier alpha value is -0.260. The van der Waals surface area contributed by atoms with Gasteiger partial charge < -0.3 is 0 Å². The van der Waals surface area contributed by atoms with Gasteiger partial charge in [-0.1, -0.05) is 58.4 Å². The molecule has 0 aromatic carbocycles. The van der Waals surface area contributed by atoms with E-state index < -0.39 is 0 Å². The summed E-state index contributed by atoms with van der Waals surface area (Å²) in [6.07, 6.45) is 12.2. The van der Waals surface area contributed by atoms with E-state index in [2.05, 4.69) is 26.5 Å². The van der Waals surface area contributed by atoms with Crippen LogP contribution in [0.1, 0.15) is 58.8 Å². The molecular formula is C14H26. The Kier molecular flexibility index (Phi) is 5.29. The van der Waals surface area contributed by atoms with Crippen LogP contribution in [-0.4, -0.2) is 0 Å². The maximum Gasteiger partial charge on any atom is -0.0262 e. The molecule has 0 spiro atoms. The molecule has 0 nitrogen and oxygen atoms in total. The second-order valence-electron chi connectivity index (χ2n) is 5.28. The van der Waals surface area contributed by atoms with Crippen LogP contribution < -0.4 is 0 Å². The van der Waals surface area contributed by atoms with Crippen molar-refractivity contribution in [1.29, 1.82) is 0 Å². The predicted molar refractivity (Wildman–Crippen MR) is 64.3 cm³/mol. The first-order valence-corrected chi connectivity index (χ1v) is 6.35. The Morgan fingerprint density at radius 2 is 1.93 bits per heavy atom. The Morgan fingerprint density at radius 1 is 1.21 bits per heavy atom. The molecule has 3 atom stereocenters. The largest absolute Gasteiger partial charge is 0.103 e. The molecular weight excluding hydrogens is 168 g/mol. The molecule has 1 aliphatic rings. The molecule has 0 aromatic rings. The van der Waals surface area contributed by atoms with E-state index in [9.17, 15) is 0 Å². The van der Waals surface area contributed by atoms with Gasteiger partial charge in [-0.15, -0.1) is 6.58 Å². The van der Waals surface area contributed by atoms with Crippen LogP contribution in [0.15, 0.2) is 12.7 Å². The quantitative estimate of drug-likeness (QED) is 0.566. The molecule has 0 aliphatic heterocycles. The molecule has 1 saturated carbocycles. The monoisotopic (exact) mass is 194 g/mol. The number of allylic oxidation sites excluding steroid dienone is 1. The molecule has 14 heavy (non-hydrogen) atoms. The summed E-state index contributed by atoms with van der Waals surface area (Å²) in [5.74, 6) is 2.66. The van der Waals surface area contributed by atoms with Crippen molar-refractivity contribution in [2.45, 2.75) is 58.8 Å². The summed E-state index contributed by atoms with van der Waals surface area (Å²) in [7, 11) is 0.